The van der Waals surface area contributed by atoms with Crippen molar-refractivity contribution in [3.63, 3.8) is 0 Å². The molecule has 1 aliphatic carbocycles. The summed E-state index contributed by atoms with van der Waals surface area (Å²) in [5.74, 6) is -1.10. The van der Waals surface area contributed by atoms with E-state index in [0.717, 1.165) is 35.3 Å². The van der Waals surface area contributed by atoms with Crippen LogP contribution in [0.1, 0.15) is 68.1 Å². The van der Waals surface area contributed by atoms with Gasteiger partial charge in [0.1, 0.15) is 19.0 Å². The lowest BCUT2D eigenvalue weighted by molar-refractivity contribution is -0.152. The van der Waals surface area contributed by atoms with Crippen LogP contribution in [0.3, 0.4) is 0 Å². The third-order valence-electron chi connectivity index (χ3n) is 9.31. The summed E-state index contributed by atoms with van der Waals surface area (Å²) < 4.78 is 11.8. The molecule has 0 aromatic heterocycles. The van der Waals surface area contributed by atoms with Crippen molar-refractivity contribution in [1.29, 1.82) is 0 Å². The van der Waals surface area contributed by atoms with E-state index in [-0.39, 0.29) is 43.3 Å². The van der Waals surface area contributed by atoms with E-state index in [0.29, 0.717) is 51.6 Å². The van der Waals surface area contributed by atoms with Gasteiger partial charge in [0.05, 0.1) is 30.0 Å². The summed E-state index contributed by atoms with van der Waals surface area (Å²) in [4.78, 5) is 40.2. The quantitative estimate of drug-likeness (QED) is 0.0857. The van der Waals surface area contributed by atoms with Crippen LogP contribution in [-0.4, -0.2) is 47.7 Å². The summed E-state index contributed by atoms with van der Waals surface area (Å²) in [6, 6.07) is 26.9. The SMILES string of the molecule is C=CCC[C@H](Cc1ccccc1)C(=O)OCC1(NC(=O)[C@@H](CC=C)CC(=O)N[C@H](CO)Cc2ccc(OCc3ccccc3)cc2)CCCC1. The zero-order valence-corrected chi connectivity index (χ0v) is 29.1. The molecule has 3 aromatic rings. The minimum absolute atomic E-state index is 0.0583. The van der Waals surface area contributed by atoms with Crippen LogP contribution in [0.5, 0.6) is 5.75 Å². The third-order valence-corrected chi connectivity index (χ3v) is 9.31. The Morgan fingerprint density at radius 3 is 2.08 bits per heavy atom. The Morgan fingerprint density at radius 2 is 1.46 bits per heavy atom. The van der Waals surface area contributed by atoms with Crippen LogP contribution in [0.4, 0.5) is 0 Å². The van der Waals surface area contributed by atoms with E-state index in [1.165, 1.54) is 0 Å². The number of nitrogens with one attached hydrogen (secondary N) is 2. The molecule has 4 rings (SSSR count). The molecule has 0 radical (unpaired) electrons. The summed E-state index contributed by atoms with van der Waals surface area (Å²) in [6.07, 6.45) is 9.24. The summed E-state index contributed by atoms with van der Waals surface area (Å²) in [7, 11) is 0. The first-order chi connectivity index (χ1) is 24.3. The van der Waals surface area contributed by atoms with Gasteiger partial charge in [-0.15, -0.1) is 13.2 Å². The number of aliphatic hydroxyl groups excluding tert-OH is 1. The molecule has 8 nitrogen and oxygen atoms in total. The van der Waals surface area contributed by atoms with Crippen LogP contribution in [0.25, 0.3) is 0 Å². The van der Waals surface area contributed by atoms with E-state index < -0.39 is 17.5 Å². The van der Waals surface area contributed by atoms with Crippen molar-refractivity contribution in [3.8, 4) is 5.75 Å². The van der Waals surface area contributed by atoms with Crippen molar-refractivity contribution in [3.05, 3.63) is 127 Å². The summed E-state index contributed by atoms with van der Waals surface area (Å²) >= 11 is 0. The fraction of sp³-hybridized carbons (Fsp3) is 0.405. The molecule has 1 aliphatic rings. The van der Waals surface area contributed by atoms with E-state index in [1.54, 1.807) is 6.08 Å². The molecule has 3 aromatic carbocycles. The molecule has 3 N–H and O–H groups in total. The number of aliphatic hydroxyl groups is 1. The van der Waals surface area contributed by atoms with Gasteiger partial charge >= 0.3 is 5.97 Å². The lowest BCUT2D eigenvalue weighted by Gasteiger charge is -2.32. The van der Waals surface area contributed by atoms with Gasteiger partial charge in [0.2, 0.25) is 11.8 Å². The van der Waals surface area contributed by atoms with Gasteiger partial charge in [-0.25, -0.2) is 0 Å². The molecular formula is C42H52N2O6. The van der Waals surface area contributed by atoms with Gasteiger partial charge in [-0.05, 0) is 73.8 Å². The van der Waals surface area contributed by atoms with Crippen molar-refractivity contribution in [2.24, 2.45) is 11.8 Å². The maximum atomic E-state index is 13.7. The van der Waals surface area contributed by atoms with Gasteiger partial charge in [0, 0.05) is 6.42 Å². The van der Waals surface area contributed by atoms with Crippen LogP contribution in [0, 0.1) is 11.8 Å². The number of hydrogen-bond donors (Lipinski definition) is 3. The Labute approximate surface area is 297 Å². The monoisotopic (exact) mass is 680 g/mol. The Bertz CT molecular complexity index is 1500. The van der Waals surface area contributed by atoms with Crippen LogP contribution in [-0.2, 0) is 38.6 Å². The average molecular weight is 681 g/mol. The van der Waals surface area contributed by atoms with Crippen molar-refractivity contribution < 1.29 is 29.0 Å². The minimum atomic E-state index is -0.678. The van der Waals surface area contributed by atoms with Crippen LogP contribution in [0.2, 0.25) is 0 Å². The molecule has 0 unspecified atom stereocenters. The Hall–Kier alpha value is -4.69. The van der Waals surface area contributed by atoms with Crippen molar-refractivity contribution in [2.75, 3.05) is 13.2 Å². The van der Waals surface area contributed by atoms with E-state index in [4.69, 9.17) is 9.47 Å². The number of ether oxygens (including phenoxy) is 2. The number of benzene rings is 3. The molecule has 50 heavy (non-hydrogen) atoms. The summed E-state index contributed by atoms with van der Waals surface area (Å²) in [5.41, 5.74) is 2.40. The van der Waals surface area contributed by atoms with E-state index in [9.17, 15) is 19.5 Å². The van der Waals surface area contributed by atoms with Crippen molar-refractivity contribution in [2.45, 2.75) is 82.4 Å². The number of carbonyl (C=O) groups excluding carboxylic acids is 3. The van der Waals surface area contributed by atoms with Gasteiger partial charge in [0.15, 0.2) is 0 Å². The normalized spacial score (nSPS) is 15.2. The molecule has 1 saturated carbocycles. The summed E-state index contributed by atoms with van der Waals surface area (Å²) in [6.45, 7) is 7.92. The highest BCUT2D eigenvalue weighted by Gasteiger charge is 2.39. The Morgan fingerprint density at radius 1 is 0.820 bits per heavy atom. The third kappa shape index (κ3) is 12.3. The largest absolute Gasteiger partial charge is 0.489 e. The lowest BCUT2D eigenvalue weighted by Crippen LogP contribution is -2.53. The van der Waals surface area contributed by atoms with Crippen molar-refractivity contribution in [1.82, 2.24) is 10.6 Å². The van der Waals surface area contributed by atoms with Gasteiger partial charge < -0.3 is 25.2 Å². The highest BCUT2D eigenvalue weighted by molar-refractivity contribution is 5.86. The lowest BCUT2D eigenvalue weighted by atomic mass is 9.93. The molecular weight excluding hydrogens is 628 g/mol. The number of amides is 2. The number of allylic oxidation sites excluding steroid dienone is 2. The van der Waals surface area contributed by atoms with Gasteiger partial charge in [0.25, 0.3) is 0 Å². The predicted octanol–water partition coefficient (Wildman–Crippen LogP) is 6.66. The summed E-state index contributed by atoms with van der Waals surface area (Å²) in [5, 5.41) is 16.1. The molecule has 2 amide bonds. The second kappa shape index (κ2) is 20.1. The first-order valence-electron chi connectivity index (χ1n) is 17.7. The first-order valence-corrected chi connectivity index (χ1v) is 17.7. The molecule has 3 atom stereocenters. The number of esters is 1. The molecule has 0 heterocycles. The molecule has 0 saturated heterocycles. The minimum Gasteiger partial charge on any atom is -0.489 e. The molecule has 0 bridgehead atoms. The topological polar surface area (TPSA) is 114 Å². The highest BCUT2D eigenvalue weighted by atomic mass is 16.5. The molecule has 266 valence electrons. The number of carbonyl (C=O) groups is 3. The van der Waals surface area contributed by atoms with Crippen LogP contribution in [0.15, 0.2) is 110 Å². The fourth-order valence-electron chi connectivity index (χ4n) is 6.47. The fourth-order valence-corrected chi connectivity index (χ4v) is 6.47. The van der Waals surface area contributed by atoms with E-state index in [1.807, 2.05) is 91.0 Å². The smallest absolute Gasteiger partial charge is 0.309 e. The van der Waals surface area contributed by atoms with Gasteiger partial charge in [-0.1, -0.05) is 97.8 Å². The maximum absolute atomic E-state index is 13.7. The predicted molar refractivity (Wildman–Crippen MR) is 196 cm³/mol. The Kier molecular flexibility index (Phi) is 15.3. The standard InChI is InChI=1S/C42H52N2O6/c1-3-5-19-36(26-32-15-8-6-9-16-32)41(48)50-31-42(24-12-13-25-42)44-40(47)35(14-4-2)28-39(46)43-37(29-45)27-33-20-22-38(23-21-33)49-30-34-17-10-7-11-18-34/h3-4,6-11,15-18,20-23,35-37,45H,1-2,5,12-14,19,24-31H2,(H,43,46)(H,44,47)/t35-,36+,37-/m0/s1. The highest BCUT2D eigenvalue weighted by Crippen LogP contribution is 2.31. The molecule has 0 aliphatic heterocycles. The number of rotatable bonds is 21. The Balaban J connectivity index is 1.30. The molecule has 8 heteroatoms. The molecule has 1 fully saturated rings. The molecule has 0 spiro atoms. The average Bonchev–Trinajstić information content (AvgIpc) is 3.60. The zero-order chi connectivity index (χ0) is 35.6. The van der Waals surface area contributed by atoms with Gasteiger partial charge in [-0.2, -0.15) is 0 Å². The van der Waals surface area contributed by atoms with Gasteiger partial charge in [-0.3, -0.25) is 14.4 Å². The van der Waals surface area contributed by atoms with Crippen LogP contribution < -0.4 is 15.4 Å². The maximum Gasteiger partial charge on any atom is 0.309 e. The number of hydrogen-bond acceptors (Lipinski definition) is 6. The second-order valence-electron chi connectivity index (χ2n) is 13.3. The second-order valence-corrected chi connectivity index (χ2v) is 13.3. The zero-order valence-electron chi connectivity index (χ0n) is 29.1. The van der Waals surface area contributed by atoms with E-state index in [2.05, 4.69) is 23.8 Å². The van der Waals surface area contributed by atoms with E-state index >= 15 is 0 Å². The van der Waals surface area contributed by atoms with Crippen molar-refractivity contribution >= 4 is 17.8 Å². The van der Waals surface area contributed by atoms with Crippen LogP contribution >= 0.6 is 0 Å². The first kappa shape index (κ1) is 38.1.